The molecule has 0 aromatic heterocycles. The summed E-state index contributed by atoms with van der Waals surface area (Å²) in [5.41, 5.74) is 5.93. The van der Waals surface area contributed by atoms with Crippen molar-refractivity contribution in [1.82, 2.24) is 0 Å². The summed E-state index contributed by atoms with van der Waals surface area (Å²) in [7, 11) is 0. The van der Waals surface area contributed by atoms with Gasteiger partial charge in [0, 0.05) is 11.6 Å². The van der Waals surface area contributed by atoms with Crippen molar-refractivity contribution >= 4 is 5.97 Å². The van der Waals surface area contributed by atoms with Crippen LogP contribution in [0.5, 0.6) is 0 Å². The van der Waals surface area contributed by atoms with Gasteiger partial charge in [0.1, 0.15) is 5.82 Å². The normalized spacial score (nSPS) is 12.5. The first kappa shape index (κ1) is 10.7. The highest BCUT2D eigenvalue weighted by molar-refractivity contribution is 5.87. The Bertz CT molecular complexity index is 352. The summed E-state index contributed by atoms with van der Waals surface area (Å²) in [6.07, 6.45) is 0.614. The van der Waals surface area contributed by atoms with Crippen LogP contribution in [-0.4, -0.2) is 11.1 Å². The maximum Gasteiger partial charge on any atom is 0.335 e. The highest BCUT2D eigenvalue weighted by Gasteiger charge is 2.12. The summed E-state index contributed by atoms with van der Waals surface area (Å²) in [6, 6.07) is 3.40. The van der Waals surface area contributed by atoms with E-state index in [1.165, 1.54) is 12.1 Å². The summed E-state index contributed by atoms with van der Waals surface area (Å²) in [5, 5.41) is 8.60. The van der Waals surface area contributed by atoms with Gasteiger partial charge in [-0.1, -0.05) is 13.0 Å². The van der Waals surface area contributed by atoms with E-state index in [1.54, 1.807) is 0 Å². The lowest BCUT2D eigenvalue weighted by molar-refractivity contribution is 0.0696. The largest absolute Gasteiger partial charge is 0.478 e. The van der Waals surface area contributed by atoms with Gasteiger partial charge in [-0.3, -0.25) is 0 Å². The standard InChI is InChI=1S/C10H12FNO2/c1-2-9(12)7-4-3-6(10(13)14)5-8(7)11/h3-5,9H,2,12H2,1H3,(H,13,14)/t9-/m0/s1. The average Bonchev–Trinajstić information content (AvgIpc) is 2.16. The van der Waals surface area contributed by atoms with Crippen LogP contribution < -0.4 is 5.73 Å². The molecule has 4 heteroatoms. The van der Waals surface area contributed by atoms with Crippen molar-refractivity contribution < 1.29 is 14.3 Å². The maximum atomic E-state index is 13.3. The quantitative estimate of drug-likeness (QED) is 0.778. The molecule has 0 heterocycles. The molecule has 1 rings (SSSR count). The number of halogens is 1. The number of carbonyl (C=O) groups is 1. The van der Waals surface area contributed by atoms with Gasteiger partial charge in [-0.05, 0) is 18.6 Å². The zero-order chi connectivity index (χ0) is 10.7. The molecule has 1 atom stereocenters. The number of aromatic carboxylic acids is 1. The average molecular weight is 197 g/mol. The van der Waals surface area contributed by atoms with Crippen molar-refractivity contribution in [3.8, 4) is 0 Å². The number of hydrogen-bond acceptors (Lipinski definition) is 2. The fraction of sp³-hybridized carbons (Fsp3) is 0.300. The van der Waals surface area contributed by atoms with E-state index in [1.807, 2.05) is 6.92 Å². The highest BCUT2D eigenvalue weighted by Crippen LogP contribution is 2.18. The smallest absolute Gasteiger partial charge is 0.335 e. The van der Waals surface area contributed by atoms with Gasteiger partial charge in [-0.25, -0.2) is 9.18 Å². The minimum atomic E-state index is -1.14. The minimum Gasteiger partial charge on any atom is -0.478 e. The van der Waals surface area contributed by atoms with Crippen LogP contribution in [-0.2, 0) is 0 Å². The van der Waals surface area contributed by atoms with Gasteiger partial charge < -0.3 is 10.8 Å². The van der Waals surface area contributed by atoms with Crippen molar-refractivity contribution in [3.63, 3.8) is 0 Å². The summed E-state index contributed by atoms with van der Waals surface area (Å²) in [4.78, 5) is 10.5. The van der Waals surface area contributed by atoms with Crippen molar-refractivity contribution in [2.45, 2.75) is 19.4 Å². The molecule has 0 unspecified atom stereocenters. The summed E-state index contributed by atoms with van der Waals surface area (Å²) in [6.45, 7) is 1.84. The Morgan fingerprint density at radius 3 is 2.71 bits per heavy atom. The topological polar surface area (TPSA) is 63.3 Å². The Hall–Kier alpha value is -1.42. The van der Waals surface area contributed by atoms with Gasteiger partial charge in [0.05, 0.1) is 5.56 Å². The SMILES string of the molecule is CC[C@H](N)c1ccc(C(=O)O)cc1F. The minimum absolute atomic E-state index is 0.0606. The summed E-state index contributed by atoms with van der Waals surface area (Å²) in [5.74, 6) is -1.69. The Morgan fingerprint density at radius 2 is 2.29 bits per heavy atom. The molecular formula is C10H12FNO2. The van der Waals surface area contributed by atoms with Crippen LogP contribution in [0.1, 0.15) is 35.3 Å². The first-order chi connectivity index (χ1) is 6.56. The molecule has 0 aliphatic carbocycles. The molecule has 1 aromatic carbocycles. The van der Waals surface area contributed by atoms with Crippen molar-refractivity contribution in [3.05, 3.63) is 35.1 Å². The fourth-order valence-corrected chi connectivity index (χ4v) is 1.18. The summed E-state index contributed by atoms with van der Waals surface area (Å²) >= 11 is 0. The number of rotatable bonds is 3. The number of nitrogens with two attached hydrogens (primary N) is 1. The van der Waals surface area contributed by atoms with E-state index in [9.17, 15) is 9.18 Å². The second-order valence-corrected chi connectivity index (χ2v) is 3.06. The molecule has 0 aliphatic rings. The van der Waals surface area contributed by atoms with Crippen molar-refractivity contribution in [1.29, 1.82) is 0 Å². The van der Waals surface area contributed by atoms with Crippen molar-refractivity contribution in [2.75, 3.05) is 0 Å². The lowest BCUT2D eigenvalue weighted by Crippen LogP contribution is -2.11. The molecule has 0 amide bonds. The predicted octanol–water partition coefficient (Wildman–Crippen LogP) is 1.93. The zero-order valence-electron chi connectivity index (χ0n) is 7.83. The monoisotopic (exact) mass is 197 g/mol. The predicted molar refractivity (Wildman–Crippen MR) is 50.6 cm³/mol. The molecular weight excluding hydrogens is 185 g/mol. The molecule has 0 saturated heterocycles. The number of hydrogen-bond donors (Lipinski definition) is 2. The molecule has 0 spiro atoms. The fourth-order valence-electron chi connectivity index (χ4n) is 1.18. The van der Waals surface area contributed by atoms with E-state index in [0.717, 1.165) is 6.07 Å². The molecule has 3 N–H and O–H groups in total. The Labute approximate surface area is 81.4 Å². The third-order valence-corrected chi connectivity index (χ3v) is 2.09. The molecule has 76 valence electrons. The van der Waals surface area contributed by atoms with E-state index < -0.39 is 11.8 Å². The van der Waals surface area contributed by atoms with Crippen molar-refractivity contribution in [2.24, 2.45) is 5.73 Å². The van der Waals surface area contributed by atoms with Gasteiger partial charge in [-0.2, -0.15) is 0 Å². The molecule has 0 bridgehead atoms. The maximum absolute atomic E-state index is 13.3. The van der Waals surface area contributed by atoms with E-state index in [-0.39, 0.29) is 11.6 Å². The first-order valence-electron chi connectivity index (χ1n) is 4.34. The second kappa shape index (κ2) is 4.19. The van der Waals surface area contributed by atoms with Crippen LogP contribution in [0.2, 0.25) is 0 Å². The molecule has 3 nitrogen and oxygen atoms in total. The lowest BCUT2D eigenvalue weighted by Gasteiger charge is -2.10. The van der Waals surface area contributed by atoms with Crippen LogP contribution in [0.25, 0.3) is 0 Å². The van der Waals surface area contributed by atoms with Crippen LogP contribution in [0.15, 0.2) is 18.2 Å². The Kier molecular flexibility index (Phi) is 3.19. The van der Waals surface area contributed by atoms with Crippen LogP contribution >= 0.6 is 0 Å². The third-order valence-electron chi connectivity index (χ3n) is 2.09. The van der Waals surface area contributed by atoms with E-state index >= 15 is 0 Å². The molecule has 0 radical (unpaired) electrons. The zero-order valence-corrected chi connectivity index (χ0v) is 7.83. The van der Waals surface area contributed by atoms with E-state index in [0.29, 0.717) is 12.0 Å². The molecule has 0 fully saturated rings. The van der Waals surface area contributed by atoms with Gasteiger partial charge in [0.15, 0.2) is 0 Å². The van der Waals surface area contributed by atoms with Gasteiger partial charge in [0.25, 0.3) is 0 Å². The van der Waals surface area contributed by atoms with Crippen LogP contribution in [0.3, 0.4) is 0 Å². The van der Waals surface area contributed by atoms with Gasteiger partial charge >= 0.3 is 5.97 Å². The number of carboxylic acid groups (broad SMARTS) is 1. The molecule has 14 heavy (non-hydrogen) atoms. The Balaban J connectivity index is 3.07. The number of benzene rings is 1. The number of carboxylic acids is 1. The molecule has 0 saturated carbocycles. The van der Waals surface area contributed by atoms with E-state index in [4.69, 9.17) is 10.8 Å². The van der Waals surface area contributed by atoms with Crippen LogP contribution in [0.4, 0.5) is 4.39 Å². The second-order valence-electron chi connectivity index (χ2n) is 3.06. The third kappa shape index (κ3) is 2.09. The lowest BCUT2D eigenvalue weighted by atomic mass is 10.0. The summed E-state index contributed by atoms with van der Waals surface area (Å²) < 4.78 is 13.3. The van der Waals surface area contributed by atoms with Gasteiger partial charge in [0.2, 0.25) is 0 Å². The first-order valence-corrected chi connectivity index (χ1v) is 4.34. The molecule has 0 aliphatic heterocycles. The van der Waals surface area contributed by atoms with Gasteiger partial charge in [-0.15, -0.1) is 0 Å². The highest BCUT2D eigenvalue weighted by atomic mass is 19.1. The Morgan fingerprint density at radius 1 is 1.64 bits per heavy atom. The van der Waals surface area contributed by atoms with E-state index in [2.05, 4.69) is 0 Å². The molecule has 1 aromatic rings. The van der Waals surface area contributed by atoms with Crippen LogP contribution in [0, 0.1) is 5.82 Å².